The van der Waals surface area contributed by atoms with Gasteiger partial charge in [0, 0.05) is 6.04 Å². The molecule has 1 unspecified atom stereocenters. The van der Waals surface area contributed by atoms with Crippen LogP contribution in [-0.4, -0.2) is 38.1 Å². The van der Waals surface area contributed by atoms with Crippen molar-refractivity contribution in [3.63, 3.8) is 0 Å². The maximum absolute atomic E-state index is 8.42. The third-order valence-electron chi connectivity index (χ3n) is 1.92. The fourth-order valence-corrected chi connectivity index (χ4v) is 1.11. The van der Waals surface area contributed by atoms with Crippen molar-refractivity contribution < 1.29 is 0 Å². The Hall–Kier alpha value is -0.590. The SMILES string of the molecule is CC(CC#N)NCCCCN(C)C. The average molecular weight is 183 g/mol. The molecule has 0 fully saturated rings. The van der Waals surface area contributed by atoms with Gasteiger partial charge in [-0.3, -0.25) is 0 Å². The molecule has 3 nitrogen and oxygen atoms in total. The Balaban J connectivity index is 3.12. The summed E-state index contributed by atoms with van der Waals surface area (Å²) in [5.41, 5.74) is 0. The maximum atomic E-state index is 8.42. The third kappa shape index (κ3) is 9.32. The average Bonchev–Trinajstić information content (AvgIpc) is 2.03. The first-order valence-corrected chi connectivity index (χ1v) is 4.92. The summed E-state index contributed by atoms with van der Waals surface area (Å²) in [4.78, 5) is 2.19. The highest BCUT2D eigenvalue weighted by Gasteiger charge is 1.98. The summed E-state index contributed by atoms with van der Waals surface area (Å²) in [5.74, 6) is 0. The molecule has 1 atom stereocenters. The van der Waals surface area contributed by atoms with Gasteiger partial charge in [0.2, 0.25) is 0 Å². The van der Waals surface area contributed by atoms with Crippen molar-refractivity contribution in [2.45, 2.75) is 32.2 Å². The molecular weight excluding hydrogens is 162 g/mol. The van der Waals surface area contributed by atoms with Gasteiger partial charge < -0.3 is 10.2 Å². The summed E-state index contributed by atoms with van der Waals surface area (Å²) < 4.78 is 0. The van der Waals surface area contributed by atoms with E-state index in [1.165, 1.54) is 12.8 Å². The monoisotopic (exact) mass is 183 g/mol. The van der Waals surface area contributed by atoms with E-state index in [9.17, 15) is 0 Å². The normalized spacial score (nSPS) is 12.8. The van der Waals surface area contributed by atoms with Crippen LogP contribution in [-0.2, 0) is 0 Å². The fraction of sp³-hybridized carbons (Fsp3) is 0.900. The molecule has 0 saturated carbocycles. The minimum atomic E-state index is 0.337. The quantitative estimate of drug-likeness (QED) is 0.603. The van der Waals surface area contributed by atoms with E-state index in [-0.39, 0.29) is 0 Å². The van der Waals surface area contributed by atoms with Crippen LogP contribution in [0.4, 0.5) is 0 Å². The van der Waals surface area contributed by atoms with Gasteiger partial charge in [0.05, 0.1) is 12.5 Å². The summed E-state index contributed by atoms with van der Waals surface area (Å²) in [7, 11) is 4.18. The van der Waals surface area contributed by atoms with E-state index in [1.807, 2.05) is 0 Å². The third-order valence-corrected chi connectivity index (χ3v) is 1.92. The van der Waals surface area contributed by atoms with E-state index in [2.05, 4.69) is 37.3 Å². The van der Waals surface area contributed by atoms with Gasteiger partial charge in [-0.1, -0.05) is 0 Å². The lowest BCUT2D eigenvalue weighted by molar-refractivity contribution is 0.389. The molecule has 0 aromatic heterocycles. The molecule has 0 aromatic carbocycles. The number of nitriles is 1. The molecule has 0 aliphatic carbocycles. The fourth-order valence-electron chi connectivity index (χ4n) is 1.11. The van der Waals surface area contributed by atoms with Crippen molar-refractivity contribution in [2.75, 3.05) is 27.2 Å². The van der Waals surface area contributed by atoms with Crippen LogP contribution in [0.3, 0.4) is 0 Å². The van der Waals surface area contributed by atoms with Crippen molar-refractivity contribution in [3.05, 3.63) is 0 Å². The van der Waals surface area contributed by atoms with Crippen LogP contribution in [0.25, 0.3) is 0 Å². The van der Waals surface area contributed by atoms with Gasteiger partial charge >= 0.3 is 0 Å². The Kier molecular flexibility index (Phi) is 7.66. The van der Waals surface area contributed by atoms with Gasteiger partial charge in [-0.2, -0.15) is 5.26 Å². The van der Waals surface area contributed by atoms with Crippen molar-refractivity contribution in [3.8, 4) is 6.07 Å². The highest BCUT2D eigenvalue weighted by atomic mass is 15.0. The van der Waals surface area contributed by atoms with Crippen LogP contribution in [0.2, 0.25) is 0 Å². The zero-order valence-electron chi connectivity index (χ0n) is 9.01. The zero-order valence-corrected chi connectivity index (χ0v) is 9.01. The molecule has 0 bridgehead atoms. The van der Waals surface area contributed by atoms with E-state index in [1.54, 1.807) is 0 Å². The highest BCUT2D eigenvalue weighted by molar-refractivity contribution is 4.77. The van der Waals surface area contributed by atoms with Crippen molar-refractivity contribution in [1.29, 1.82) is 5.26 Å². The summed E-state index contributed by atoms with van der Waals surface area (Å²) >= 11 is 0. The zero-order chi connectivity index (χ0) is 10.1. The molecular formula is C10H21N3. The van der Waals surface area contributed by atoms with Crippen LogP contribution in [0.15, 0.2) is 0 Å². The van der Waals surface area contributed by atoms with E-state index >= 15 is 0 Å². The lowest BCUT2D eigenvalue weighted by Gasteiger charge is -2.11. The second-order valence-electron chi connectivity index (χ2n) is 3.73. The first kappa shape index (κ1) is 12.4. The molecule has 0 aliphatic heterocycles. The van der Waals surface area contributed by atoms with Gasteiger partial charge in [-0.25, -0.2) is 0 Å². The predicted molar refractivity (Wildman–Crippen MR) is 55.5 cm³/mol. The molecule has 0 aromatic rings. The standard InChI is InChI=1S/C10H21N3/c1-10(6-7-11)12-8-4-5-9-13(2)3/h10,12H,4-6,8-9H2,1-3H3. The minimum Gasteiger partial charge on any atom is -0.313 e. The predicted octanol–water partition coefficient (Wildman–Crippen LogP) is 1.22. The van der Waals surface area contributed by atoms with Gasteiger partial charge in [0.25, 0.3) is 0 Å². The molecule has 3 heteroatoms. The number of hydrogen-bond acceptors (Lipinski definition) is 3. The first-order valence-electron chi connectivity index (χ1n) is 4.92. The van der Waals surface area contributed by atoms with Crippen LogP contribution in [0.5, 0.6) is 0 Å². The van der Waals surface area contributed by atoms with E-state index in [0.717, 1.165) is 13.1 Å². The Labute approximate surface area is 81.7 Å². The van der Waals surface area contributed by atoms with Crippen LogP contribution < -0.4 is 5.32 Å². The second-order valence-corrected chi connectivity index (χ2v) is 3.73. The largest absolute Gasteiger partial charge is 0.313 e. The van der Waals surface area contributed by atoms with Gasteiger partial charge in [0.1, 0.15) is 0 Å². The summed E-state index contributed by atoms with van der Waals surface area (Å²) in [5, 5.41) is 11.7. The van der Waals surface area contributed by atoms with Crippen LogP contribution in [0.1, 0.15) is 26.2 Å². The van der Waals surface area contributed by atoms with Crippen molar-refractivity contribution in [2.24, 2.45) is 0 Å². The summed E-state index contributed by atoms with van der Waals surface area (Å²) in [6.07, 6.45) is 3.01. The summed E-state index contributed by atoms with van der Waals surface area (Å²) in [6, 6.07) is 2.49. The number of unbranched alkanes of at least 4 members (excludes halogenated alkanes) is 1. The second kappa shape index (κ2) is 8.03. The lowest BCUT2D eigenvalue weighted by atomic mass is 10.2. The Morgan fingerprint density at radius 3 is 2.62 bits per heavy atom. The Bertz CT molecular complexity index is 149. The molecule has 76 valence electrons. The number of hydrogen-bond donors (Lipinski definition) is 1. The van der Waals surface area contributed by atoms with Crippen molar-refractivity contribution in [1.82, 2.24) is 10.2 Å². The molecule has 0 heterocycles. The first-order chi connectivity index (χ1) is 6.16. The molecule has 0 aliphatic rings. The van der Waals surface area contributed by atoms with Crippen LogP contribution >= 0.6 is 0 Å². The van der Waals surface area contributed by atoms with E-state index in [4.69, 9.17) is 5.26 Å². The van der Waals surface area contributed by atoms with Gasteiger partial charge in [0.15, 0.2) is 0 Å². The molecule has 13 heavy (non-hydrogen) atoms. The topological polar surface area (TPSA) is 39.1 Å². The Morgan fingerprint density at radius 2 is 2.08 bits per heavy atom. The maximum Gasteiger partial charge on any atom is 0.0638 e. The highest BCUT2D eigenvalue weighted by Crippen LogP contribution is 1.92. The molecule has 0 saturated heterocycles. The Morgan fingerprint density at radius 1 is 1.38 bits per heavy atom. The van der Waals surface area contributed by atoms with Crippen LogP contribution in [0, 0.1) is 11.3 Å². The van der Waals surface area contributed by atoms with Gasteiger partial charge in [-0.15, -0.1) is 0 Å². The van der Waals surface area contributed by atoms with Crippen molar-refractivity contribution >= 4 is 0 Å². The molecule has 1 N–H and O–H groups in total. The molecule has 0 radical (unpaired) electrons. The number of nitrogens with zero attached hydrogens (tertiary/aromatic N) is 2. The summed E-state index contributed by atoms with van der Waals surface area (Å²) in [6.45, 7) is 4.22. The van der Waals surface area contributed by atoms with E-state index in [0.29, 0.717) is 12.5 Å². The minimum absolute atomic E-state index is 0.337. The molecule has 0 spiro atoms. The number of rotatable bonds is 7. The molecule has 0 amide bonds. The lowest BCUT2D eigenvalue weighted by Crippen LogP contribution is -2.27. The van der Waals surface area contributed by atoms with Gasteiger partial charge in [-0.05, 0) is 47.0 Å². The number of nitrogens with one attached hydrogen (secondary N) is 1. The smallest absolute Gasteiger partial charge is 0.0638 e. The van der Waals surface area contributed by atoms with E-state index < -0.39 is 0 Å². The molecule has 0 rings (SSSR count).